The van der Waals surface area contributed by atoms with Crippen molar-refractivity contribution in [1.29, 1.82) is 0 Å². The second kappa shape index (κ2) is 8.23. The topological polar surface area (TPSA) is 46.0 Å². The van der Waals surface area contributed by atoms with Crippen LogP contribution in [0.25, 0.3) is 0 Å². The van der Waals surface area contributed by atoms with E-state index < -0.39 is 0 Å². The van der Waals surface area contributed by atoms with Crippen molar-refractivity contribution in [2.45, 2.75) is 19.9 Å². The molecule has 0 saturated carbocycles. The first kappa shape index (κ1) is 18.3. The van der Waals surface area contributed by atoms with Gasteiger partial charge in [0.1, 0.15) is 5.75 Å². The number of hydrogen-bond acceptors (Lipinski definition) is 3. The lowest BCUT2D eigenvalue weighted by Crippen LogP contribution is -3.19. The SMILES string of the molecule is COc1ccccc1NC(=O)[C@@H](C)[NH+]1CCN(c2ccccc2C)CC1. The maximum absolute atomic E-state index is 12.7. The van der Waals surface area contributed by atoms with E-state index in [-0.39, 0.29) is 11.9 Å². The van der Waals surface area contributed by atoms with Crippen LogP contribution in [0.5, 0.6) is 5.75 Å². The predicted octanol–water partition coefficient (Wildman–Crippen LogP) is 1.74. The summed E-state index contributed by atoms with van der Waals surface area (Å²) in [6, 6.07) is 15.9. The number of nitrogens with one attached hydrogen (secondary N) is 2. The first-order valence-corrected chi connectivity index (χ1v) is 9.19. The Hall–Kier alpha value is -2.53. The standard InChI is InChI=1S/C21H27N3O2/c1-16-8-4-6-10-19(16)24-14-12-23(13-15-24)17(2)21(25)22-18-9-5-7-11-20(18)26-3/h4-11,17H,12-15H2,1-3H3,(H,22,25)/p+1/t17-/m1/s1. The zero-order valence-electron chi connectivity index (χ0n) is 15.8. The van der Waals surface area contributed by atoms with Crippen molar-refractivity contribution in [2.24, 2.45) is 0 Å². The number of rotatable bonds is 5. The molecule has 0 spiro atoms. The quantitative estimate of drug-likeness (QED) is 0.860. The van der Waals surface area contributed by atoms with Crippen LogP contribution >= 0.6 is 0 Å². The molecule has 2 aromatic carbocycles. The Kier molecular flexibility index (Phi) is 5.78. The van der Waals surface area contributed by atoms with Crippen LogP contribution in [0.1, 0.15) is 12.5 Å². The fourth-order valence-electron chi connectivity index (χ4n) is 3.56. The van der Waals surface area contributed by atoms with Crippen LogP contribution < -0.4 is 19.9 Å². The summed E-state index contributed by atoms with van der Waals surface area (Å²) in [7, 11) is 1.62. The van der Waals surface area contributed by atoms with Gasteiger partial charge in [-0.2, -0.15) is 0 Å². The minimum atomic E-state index is -0.0982. The van der Waals surface area contributed by atoms with Crippen molar-refractivity contribution < 1.29 is 14.4 Å². The van der Waals surface area contributed by atoms with Gasteiger partial charge in [0.2, 0.25) is 0 Å². The van der Waals surface area contributed by atoms with Gasteiger partial charge in [0.25, 0.3) is 5.91 Å². The Balaban J connectivity index is 1.59. The average Bonchev–Trinajstić information content (AvgIpc) is 2.68. The Morgan fingerprint density at radius 2 is 1.77 bits per heavy atom. The second-order valence-corrected chi connectivity index (χ2v) is 6.84. The summed E-state index contributed by atoms with van der Waals surface area (Å²) < 4.78 is 5.32. The van der Waals surface area contributed by atoms with Gasteiger partial charge in [-0.25, -0.2) is 0 Å². The van der Waals surface area contributed by atoms with Crippen molar-refractivity contribution in [2.75, 3.05) is 43.5 Å². The molecule has 0 radical (unpaired) electrons. The Morgan fingerprint density at radius 3 is 2.46 bits per heavy atom. The minimum absolute atomic E-state index is 0.0360. The number of amides is 1. The fraction of sp³-hybridized carbons (Fsp3) is 0.381. The molecule has 1 aliphatic rings. The molecule has 3 rings (SSSR count). The Morgan fingerprint density at radius 1 is 1.12 bits per heavy atom. The highest BCUT2D eigenvalue weighted by Crippen LogP contribution is 2.23. The Bertz CT molecular complexity index is 754. The largest absolute Gasteiger partial charge is 0.495 e. The molecule has 2 aromatic rings. The van der Waals surface area contributed by atoms with Crippen LogP contribution in [0.3, 0.4) is 0 Å². The first-order valence-electron chi connectivity index (χ1n) is 9.19. The number of quaternary nitrogens is 1. The average molecular weight is 354 g/mol. The highest BCUT2D eigenvalue weighted by atomic mass is 16.5. The molecular formula is C21H28N3O2+. The third-order valence-electron chi connectivity index (χ3n) is 5.23. The van der Waals surface area contributed by atoms with E-state index in [9.17, 15) is 4.79 Å². The number of ether oxygens (including phenoxy) is 1. The minimum Gasteiger partial charge on any atom is -0.495 e. The van der Waals surface area contributed by atoms with Gasteiger partial charge in [0, 0.05) is 5.69 Å². The number of aryl methyl sites for hydroxylation is 1. The number of piperazine rings is 1. The summed E-state index contributed by atoms with van der Waals surface area (Å²) in [4.78, 5) is 16.4. The van der Waals surface area contributed by atoms with Gasteiger partial charge >= 0.3 is 0 Å². The number of anilines is 2. The summed E-state index contributed by atoms with van der Waals surface area (Å²) in [5.41, 5.74) is 3.33. The zero-order chi connectivity index (χ0) is 18.5. The summed E-state index contributed by atoms with van der Waals surface area (Å²) in [5.74, 6) is 0.723. The zero-order valence-corrected chi connectivity index (χ0v) is 15.8. The third kappa shape index (κ3) is 3.99. The van der Waals surface area contributed by atoms with Crippen molar-refractivity contribution in [1.82, 2.24) is 0 Å². The molecule has 1 aliphatic heterocycles. The van der Waals surface area contributed by atoms with Crippen LogP contribution in [-0.2, 0) is 4.79 Å². The summed E-state index contributed by atoms with van der Waals surface area (Å²) in [6.07, 6.45) is 0. The first-order chi connectivity index (χ1) is 12.6. The highest BCUT2D eigenvalue weighted by Gasteiger charge is 2.29. The molecule has 1 amide bonds. The maximum Gasteiger partial charge on any atom is 0.282 e. The number of nitrogens with zero attached hydrogens (tertiary/aromatic N) is 1. The number of carbonyl (C=O) groups excluding carboxylic acids is 1. The number of methoxy groups -OCH3 is 1. The van der Waals surface area contributed by atoms with Crippen LogP contribution in [0.4, 0.5) is 11.4 Å². The molecule has 0 bridgehead atoms. The highest BCUT2D eigenvalue weighted by molar-refractivity contribution is 5.94. The van der Waals surface area contributed by atoms with Gasteiger partial charge in [-0.1, -0.05) is 30.3 Å². The van der Waals surface area contributed by atoms with Crippen molar-refractivity contribution >= 4 is 17.3 Å². The number of carbonyl (C=O) groups is 1. The molecule has 1 atom stereocenters. The molecule has 5 heteroatoms. The monoisotopic (exact) mass is 354 g/mol. The lowest BCUT2D eigenvalue weighted by Gasteiger charge is -2.36. The van der Waals surface area contributed by atoms with Gasteiger partial charge in [0.05, 0.1) is 39.0 Å². The summed E-state index contributed by atoms with van der Waals surface area (Å²) in [6.45, 7) is 7.99. The molecule has 0 aromatic heterocycles. The van der Waals surface area contributed by atoms with E-state index in [1.807, 2.05) is 31.2 Å². The second-order valence-electron chi connectivity index (χ2n) is 6.84. The molecule has 0 unspecified atom stereocenters. The summed E-state index contributed by atoms with van der Waals surface area (Å²) >= 11 is 0. The molecule has 26 heavy (non-hydrogen) atoms. The smallest absolute Gasteiger partial charge is 0.282 e. The van der Waals surface area contributed by atoms with Gasteiger partial charge in [-0.15, -0.1) is 0 Å². The van der Waals surface area contributed by atoms with Crippen molar-refractivity contribution in [3.63, 3.8) is 0 Å². The van der Waals surface area contributed by atoms with Crippen molar-refractivity contribution in [3.8, 4) is 5.75 Å². The molecule has 138 valence electrons. The van der Waals surface area contributed by atoms with E-state index in [0.29, 0.717) is 5.75 Å². The number of hydrogen-bond donors (Lipinski definition) is 2. The molecule has 5 nitrogen and oxygen atoms in total. The van der Waals surface area contributed by atoms with Crippen LogP contribution in [0.15, 0.2) is 48.5 Å². The van der Waals surface area contributed by atoms with Gasteiger partial charge in [-0.05, 0) is 37.6 Å². The molecule has 2 N–H and O–H groups in total. The maximum atomic E-state index is 12.7. The normalized spacial score (nSPS) is 16.2. The number of benzene rings is 2. The van der Waals surface area contributed by atoms with Crippen LogP contribution in [0.2, 0.25) is 0 Å². The van der Waals surface area contributed by atoms with E-state index in [0.717, 1.165) is 31.9 Å². The van der Waals surface area contributed by atoms with Gasteiger partial charge in [-0.3, -0.25) is 4.79 Å². The van der Waals surface area contributed by atoms with E-state index in [1.165, 1.54) is 16.2 Å². The lowest BCUT2D eigenvalue weighted by atomic mass is 10.1. The summed E-state index contributed by atoms with van der Waals surface area (Å²) in [5, 5.41) is 3.01. The fourth-order valence-corrected chi connectivity index (χ4v) is 3.56. The van der Waals surface area contributed by atoms with E-state index >= 15 is 0 Å². The van der Waals surface area contributed by atoms with E-state index in [2.05, 4.69) is 41.4 Å². The number of para-hydroxylation sites is 3. The molecule has 0 aliphatic carbocycles. The third-order valence-corrected chi connectivity index (χ3v) is 5.23. The van der Waals surface area contributed by atoms with Crippen molar-refractivity contribution in [3.05, 3.63) is 54.1 Å². The van der Waals surface area contributed by atoms with E-state index in [1.54, 1.807) is 7.11 Å². The predicted molar refractivity (Wildman–Crippen MR) is 105 cm³/mol. The van der Waals surface area contributed by atoms with Gasteiger partial charge < -0.3 is 19.9 Å². The van der Waals surface area contributed by atoms with E-state index in [4.69, 9.17) is 4.74 Å². The lowest BCUT2D eigenvalue weighted by molar-refractivity contribution is -0.914. The van der Waals surface area contributed by atoms with Gasteiger partial charge in [0.15, 0.2) is 6.04 Å². The molecule has 1 heterocycles. The molecular weight excluding hydrogens is 326 g/mol. The van der Waals surface area contributed by atoms with Crippen LogP contribution in [-0.4, -0.2) is 45.2 Å². The molecule has 1 saturated heterocycles. The molecule has 1 fully saturated rings. The Labute approximate surface area is 155 Å². The van der Waals surface area contributed by atoms with Crippen LogP contribution in [0, 0.1) is 6.92 Å².